The molecule has 0 aliphatic heterocycles. The van der Waals surface area contributed by atoms with Crippen molar-refractivity contribution in [1.82, 2.24) is 15.3 Å². The quantitative estimate of drug-likeness (QED) is 0.481. The number of hydrogen-bond donors (Lipinski definition) is 3. The fourth-order valence-corrected chi connectivity index (χ4v) is 2.58. The van der Waals surface area contributed by atoms with Crippen LogP contribution < -0.4 is 11.1 Å². The average molecular weight is 325 g/mol. The van der Waals surface area contributed by atoms with Crippen molar-refractivity contribution >= 4 is 16.9 Å². The topological polar surface area (TPSA) is 79.1 Å². The van der Waals surface area contributed by atoms with Gasteiger partial charge in [0.1, 0.15) is 5.82 Å². The van der Waals surface area contributed by atoms with Crippen LogP contribution >= 0.6 is 0 Å². The summed E-state index contributed by atoms with van der Waals surface area (Å²) >= 11 is 0. The van der Waals surface area contributed by atoms with Crippen LogP contribution in [-0.2, 0) is 12.8 Å². The van der Waals surface area contributed by atoms with Gasteiger partial charge < -0.3 is 16.0 Å². The molecule has 0 saturated heterocycles. The van der Waals surface area contributed by atoms with E-state index in [1.54, 1.807) is 18.3 Å². The standard InChI is InChI=1S/C18H20FN5/c19-14-4-5-17-16(11-14)13(12-24-17)6-9-22-18(20)23-10-7-15-3-1-2-8-21-15/h1-5,8,11-12,24H,6-7,9-10H2,(H3,20,22,23). The summed E-state index contributed by atoms with van der Waals surface area (Å²) in [5.74, 6) is 0.184. The van der Waals surface area contributed by atoms with Gasteiger partial charge in [0.15, 0.2) is 5.96 Å². The van der Waals surface area contributed by atoms with E-state index in [1.807, 2.05) is 24.4 Å². The third kappa shape index (κ3) is 4.10. The van der Waals surface area contributed by atoms with Crippen molar-refractivity contribution in [2.45, 2.75) is 12.8 Å². The van der Waals surface area contributed by atoms with Crippen LogP contribution in [0.1, 0.15) is 11.3 Å². The second kappa shape index (κ2) is 7.59. The smallest absolute Gasteiger partial charge is 0.188 e. The molecule has 0 unspecified atom stereocenters. The van der Waals surface area contributed by atoms with Gasteiger partial charge in [-0.05, 0) is 42.3 Å². The van der Waals surface area contributed by atoms with Crippen LogP contribution in [0.4, 0.5) is 4.39 Å². The predicted molar refractivity (Wildman–Crippen MR) is 94.4 cm³/mol. The maximum atomic E-state index is 13.4. The summed E-state index contributed by atoms with van der Waals surface area (Å²) in [7, 11) is 0. The highest BCUT2D eigenvalue weighted by Crippen LogP contribution is 2.19. The highest BCUT2D eigenvalue weighted by molar-refractivity contribution is 5.83. The van der Waals surface area contributed by atoms with Gasteiger partial charge in [0.25, 0.3) is 0 Å². The van der Waals surface area contributed by atoms with Crippen LogP contribution in [0.3, 0.4) is 0 Å². The number of rotatable bonds is 6. The Kier molecular flexibility index (Phi) is 5.05. The van der Waals surface area contributed by atoms with E-state index in [1.165, 1.54) is 6.07 Å². The van der Waals surface area contributed by atoms with E-state index in [-0.39, 0.29) is 5.82 Å². The van der Waals surface area contributed by atoms with Gasteiger partial charge in [0, 0.05) is 48.5 Å². The van der Waals surface area contributed by atoms with Gasteiger partial charge in [-0.1, -0.05) is 6.07 Å². The maximum absolute atomic E-state index is 13.4. The number of aromatic nitrogens is 2. The Morgan fingerprint density at radius 2 is 2.17 bits per heavy atom. The van der Waals surface area contributed by atoms with Crippen molar-refractivity contribution < 1.29 is 4.39 Å². The van der Waals surface area contributed by atoms with Crippen molar-refractivity contribution in [1.29, 1.82) is 0 Å². The lowest BCUT2D eigenvalue weighted by atomic mass is 10.1. The van der Waals surface area contributed by atoms with Crippen molar-refractivity contribution in [2.24, 2.45) is 10.7 Å². The van der Waals surface area contributed by atoms with E-state index >= 15 is 0 Å². The molecule has 1 aromatic carbocycles. The molecule has 5 nitrogen and oxygen atoms in total. The Morgan fingerprint density at radius 3 is 3.00 bits per heavy atom. The number of aromatic amines is 1. The first-order chi connectivity index (χ1) is 11.7. The summed E-state index contributed by atoms with van der Waals surface area (Å²) in [5, 5.41) is 3.99. The van der Waals surface area contributed by atoms with Crippen LogP contribution in [0.2, 0.25) is 0 Å². The van der Waals surface area contributed by atoms with Gasteiger partial charge in [0.2, 0.25) is 0 Å². The third-order valence-electron chi connectivity index (χ3n) is 3.81. The number of pyridine rings is 1. The van der Waals surface area contributed by atoms with Gasteiger partial charge in [0.05, 0.1) is 0 Å². The molecule has 3 aromatic rings. The molecule has 3 rings (SSSR count). The van der Waals surface area contributed by atoms with Gasteiger partial charge in [-0.15, -0.1) is 0 Å². The Labute approximate surface area is 139 Å². The van der Waals surface area contributed by atoms with Crippen LogP contribution in [0.5, 0.6) is 0 Å². The number of nitrogens with zero attached hydrogens (tertiary/aromatic N) is 2. The zero-order valence-electron chi connectivity index (χ0n) is 13.3. The Morgan fingerprint density at radius 1 is 1.25 bits per heavy atom. The summed E-state index contributed by atoms with van der Waals surface area (Å²) in [5.41, 5.74) is 8.85. The minimum Gasteiger partial charge on any atom is -0.370 e. The number of fused-ring (bicyclic) bond motifs is 1. The summed E-state index contributed by atoms with van der Waals surface area (Å²) in [6, 6.07) is 10.6. The molecule has 2 heterocycles. The summed E-state index contributed by atoms with van der Waals surface area (Å²) < 4.78 is 13.4. The number of halogens is 1. The van der Waals surface area contributed by atoms with Gasteiger partial charge >= 0.3 is 0 Å². The van der Waals surface area contributed by atoms with Gasteiger partial charge in [-0.2, -0.15) is 0 Å². The van der Waals surface area contributed by atoms with E-state index < -0.39 is 0 Å². The normalized spacial score (nSPS) is 11.8. The number of aliphatic imine (C=N–C) groups is 1. The SMILES string of the molecule is NC(=NCCc1ccccn1)NCCc1c[nH]c2ccc(F)cc12. The van der Waals surface area contributed by atoms with Crippen molar-refractivity contribution in [2.75, 3.05) is 13.1 Å². The fraction of sp³-hybridized carbons (Fsp3) is 0.222. The third-order valence-corrected chi connectivity index (χ3v) is 3.81. The Balaban J connectivity index is 1.48. The molecular weight excluding hydrogens is 305 g/mol. The lowest BCUT2D eigenvalue weighted by Crippen LogP contribution is -2.33. The molecule has 0 aliphatic rings. The molecule has 4 N–H and O–H groups in total. The first kappa shape index (κ1) is 16.0. The highest BCUT2D eigenvalue weighted by atomic mass is 19.1. The number of H-pyrrole nitrogens is 1. The zero-order valence-corrected chi connectivity index (χ0v) is 13.3. The number of nitrogens with one attached hydrogen (secondary N) is 2. The molecule has 6 heteroatoms. The molecular formula is C18H20FN5. The minimum atomic E-state index is -0.230. The molecule has 0 amide bonds. The van der Waals surface area contributed by atoms with Gasteiger partial charge in [-0.25, -0.2) is 4.39 Å². The largest absolute Gasteiger partial charge is 0.370 e. The Bertz CT molecular complexity index is 826. The molecule has 0 atom stereocenters. The highest BCUT2D eigenvalue weighted by Gasteiger charge is 2.04. The monoisotopic (exact) mass is 325 g/mol. The molecule has 0 bridgehead atoms. The molecule has 124 valence electrons. The molecule has 0 spiro atoms. The summed E-state index contributed by atoms with van der Waals surface area (Å²) in [6.07, 6.45) is 5.16. The van der Waals surface area contributed by atoms with Crippen LogP contribution in [0.15, 0.2) is 53.8 Å². The number of benzene rings is 1. The summed E-state index contributed by atoms with van der Waals surface area (Å²) in [4.78, 5) is 11.7. The Hall–Kier alpha value is -2.89. The lowest BCUT2D eigenvalue weighted by molar-refractivity contribution is 0.629. The predicted octanol–water partition coefficient (Wildman–Crippen LogP) is 2.39. The second-order valence-electron chi connectivity index (χ2n) is 5.52. The molecule has 0 aliphatic carbocycles. The summed E-state index contributed by atoms with van der Waals surface area (Å²) in [6.45, 7) is 1.23. The lowest BCUT2D eigenvalue weighted by Gasteiger charge is -2.05. The van der Waals surface area contributed by atoms with E-state index in [0.717, 1.165) is 35.0 Å². The minimum absolute atomic E-state index is 0.230. The van der Waals surface area contributed by atoms with Gasteiger partial charge in [-0.3, -0.25) is 9.98 Å². The molecule has 24 heavy (non-hydrogen) atoms. The van der Waals surface area contributed by atoms with E-state index in [2.05, 4.69) is 20.3 Å². The van der Waals surface area contributed by atoms with Crippen LogP contribution in [-0.4, -0.2) is 29.0 Å². The first-order valence-corrected chi connectivity index (χ1v) is 7.91. The molecule has 0 radical (unpaired) electrons. The first-order valence-electron chi connectivity index (χ1n) is 7.91. The van der Waals surface area contributed by atoms with E-state index in [9.17, 15) is 4.39 Å². The van der Waals surface area contributed by atoms with E-state index in [4.69, 9.17) is 5.73 Å². The van der Waals surface area contributed by atoms with Crippen molar-refractivity contribution in [3.05, 3.63) is 65.9 Å². The van der Waals surface area contributed by atoms with Crippen molar-refractivity contribution in [3.8, 4) is 0 Å². The van der Waals surface area contributed by atoms with Crippen LogP contribution in [0, 0.1) is 5.82 Å². The number of guanidine groups is 1. The second-order valence-corrected chi connectivity index (χ2v) is 5.52. The maximum Gasteiger partial charge on any atom is 0.188 e. The fourth-order valence-electron chi connectivity index (χ4n) is 2.58. The number of nitrogens with two attached hydrogens (primary N) is 1. The van der Waals surface area contributed by atoms with Crippen LogP contribution in [0.25, 0.3) is 10.9 Å². The van der Waals surface area contributed by atoms with E-state index in [0.29, 0.717) is 19.0 Å². The average Bonchev–Trinajstić information content (AvgIpc) is 2.98. The molecule has 0 saturated carbocycles. The zero-order chi connectivity index (χ0) is 16.8. The van der Waals surface area contributed by atoms with Crippen molar-refractivity contribution in [3.63, 3.8) is 0 Å². The number of hydrogen-bond acceptors (Lipinski definition) is 2. The molecule has 0 fully saturated rings. The molecule has 2 aromatic heterocycles.